The smallest absolute Gasteiger partial charge is 0.293 e. The molecule has 0 aliphatic carbocycles. The molecule has 13 heavy (non-hydrogen) atoms. The quantitative estimate of drug-likeness (QED) is 0.609. The number of methoxy groups -OCH3 is 1. The van der Waals surface area contributed by atoms with Crippen molar-refractivity contribution in [2.75, 3.05) is 7.11 Å². The van der Waals surface area contributed by atoms with E-state index >= 15 is 0 Å². The highest BCUT2D eigenvalue weighted by atomic mass is 16.5. The molecular formula is C9H8N2O2. The molecule has 1 aromatic rings. The van der Waals surface area contributed by atoms with Crippen molar-refractivity contribution in [3.8, 4) is 17.6 Å². The van der Waals surface area contributed by atoms with Gasteiger partial charge in [0.15, 0.2) is 0 Å². The zero-order chi connectivity index (χ0) is 9.68. The molecule has 1 rings (SSSR count). The van der Waals surface area contributed by atoms with Crippen molar-refractivity contribution in [1.82, 2.24) is 4.98 Å². The van der Waals surface area contributed by atoms with Gasteiger partial charge in [-0.15, -0.1) is 0 Å². The molecule has 0 fully saturated rings. The molecule has 1 heterocycles. The van der Waals surface area contributed by atoms with E-state index in [-0.39, 0.29) is 0 Å². The summed E-state index contributed by atoms with van der Waals surface area (Å²) in [6, 6.07) is 1.66. The average molecular weight is 176 g/mol. The Kier molecular flexibility index (Phi) is 2.87. The largest absolute Gasteiger partial charge is 0.495 e. The minimum Gasteiger partial charge on any atom is -0.495 e. The van der Waals surface area contributed by atoms with Crippen molar-refractivity contribution in [2.45, 2.75) is 0 Å². The van der Waals surface area contributed by atoms with Crippen LogP contribution in [0.5, 0.6) is 5.75 Å². The van der Waals surface area contributed by atoms with Gasteiger partial charge < -0.3 is 10.5 Å². The number of hydrogen-bond acceptors (Lipinski definition) is 3. The monoisotopic (exact) mass is 176 g/mol. The van der Waals surface area contributed by atoms with Crippen LogP contribution in [0.4, 0.5) is 0 Å². The minimum absolute atomic E-state index is 0.545. The van der Waals surface area contributed by atoms with Crippen LogP contribution in [0.15, 0.2) is 18.5 Å². The Balaban J connectivity index is 3.02. The molecule has 66 valence electrons. The lowest BCUT2D eigenvalue weighted by molar-refractivity contribution is -0.112. The lowest BCUT2D eigenvalue weighted by Crippen LogP contribution is -2.06. The summed E-state index contributed by atoms with van der Waals surface area (Å²) >= 11 is 0. The fourth-order valence-corrected chi connectivity index (χ4v) is 0.783. The first-order chi connectivity index (χ1) is 6.24. The molecule has 4 nitrogen and oxygen atoms in total. The van der Waals surface area contributed by atoms with Crippen LogP contribution >= 0.6 is 0 Å². The summed E-state index contributed by atoms with van der Waals surface area (Å²) in [7, 11) is 1.52. The number of amides is 1. The molecule has 1 aromatic heterocycles. The third-order valence-corrected chi connectivity index (χ3v) is 1.32. The molecule has 0 aromatic carbocycles. The van der Waals surface area contributed by atoms with Crippen LogP contribution in [0, 0.1) is 11.8 Å². The van der Waals surface area contributed by atoms with E-state index in [9.17, 15) is 4.79 Å². The fraction of sp³-hybridized carbons (Fsp3) is 0.111. The molecule has 4 heteroatoms. The minimum atomic E-state index is -0.675. The van der Waals surface area contributed by atoms with E-state index in [2.05, 4.69) is 16.8 Å². The first-order valence-electron chi connectivity index (χ1n) is 3.53. The molecule has 0 radical (unpaired) electrons. The van der Waals surface area contributed by atoms with E-state index in [1.165, 1.54) is 13.3 Å². The Morgan fingerprint density at radius 3 is 3.08 bits per heavy atom. The molecule has 0 aliphatic rings. The normalized spacial score (nSPS) is 8.38. The van der Waals surface area contributed by atoms with Gasteiger partial charge >= 0.3 is 0 Å². The van der Waals surface area contributed by atoms with Gasteiger partial charge in [-0.1, -0.05) is 5.92 Å². The fourth-order valence-electron chi connectivity index (χ4n) is 0.783. The second-order valence-electron chi connectivity index (χ2n) is 2.19. The highest BCUT2D eigenvalue weighted by Crippen LogP contribution is 2.13. The second kappa shape index (κ2) is 4.12. The summed E-state index contributed by atoms with van der Waals surface area (Å²) in [6.45, 7) is 0. The zero-order valence-electron chi connectivity index (χ0n) is 7.07. The van der Waals surface area contributed by atoms with E-state index in [0.717, 1.165) is 0 Å². The van der Waals surface area contributed by atoms with Crippen LogP contribution in [0.2, 0.25) is 0 Å². The van der Waals surface area contributed by atoms with Crippen molar-refractivity contribution in [3.63, 3.8) is 0 Å². The molecule has 2 N–H and O–H groups in total. The van der Waals surface area contributed by atoms with Gasteiger partial charge in [-0.05, 0) is 6.07 Å². The third kappa shape index (κ3) is 2.49. The van der Waals surface area contributed by atoms with Gasteiger partial charge in [0, 0.05) is 18.3 Å². The lowest BCUT2D eigenvalue weighted by Gasteiger charge is -1.99. The topological polar surface area (TPSA) is 65.2 Å². The molecule has 0 atom stereocenters. The van der Waals surface area contributed by atoms with E-state index < -0.39 is 5.91 Å². The van der Waals surface area contributed by atoms with Crippen LogP contribution in [-0.2, 0) is 4.79 Å². The highest BCUT2D eigenvalue weighted by molar-refractivity contribution is 5.92. The average Bonchev–Trinajstić information content (AvgIpc) is 2.15. The predicted molar refractivity (Wildman–Crippen MR) is 46.9 cm³/mol. The molecular weight excluding hydrogens is 168 g/mol. The molecule has 1 amide bonds. The van der Waals surface area contributed by atoms with Gasteiger partial charge in [-0.25, -0.2) is 0 Å². The number of nitrogens with zero attached hydrogens (tertiary/aromatic N) is 1. The van der Waals surface area contributed by atoms with Gasteiger partial charge in [-0.3, -0.25) is 9.78 Å². The summed E-state index contributed by atoms with van der Waals surface area (Å²) in [6.07, 6.45) is 3.09. The summed E-state index contributed by atoms with van der Waals surface area (Å²) < 4.78 is 4.98. The van der Waals surface area contributed by atoms with Crippen LogP contribution in [0.1, 0.15) is 5.56 Å². The van der Waals surface area contributed by atoms with Gasteiger partial charge in [0.1, 0.15) is 5.75 Å². The van der Waals surface area contributed by atoms with Crippen LogP contribution in [0.3, 0.4) is 0 Å². The second-order valence-corrected chi connectivity index (χ2v) is 2.19. The van der Waals surface area contributed by atoms with Crippen molar-refractivity contribution >= 4 is 5.91 Å². The molecule has 0 unspecified atom stereocenters. The zero-order valence-corrected chi connectivity index (χ0v) is 7.07. The summed E-state index contributed by atoms with van der Waals surface area (Å²) in [5.41, 5.74) is 5.40. The van der Waals surface area contributed by atoms with Gasteiger partial charge in [0.2, 0.25) is 0 Å². The number of rotatable bonds is 1. The maximum atomic E-state index is 10.4. The molecule has 0 spiro atoms. The summed E-state index contributed by atoms with van der Waals surface area (Å²) in [5, 5.41) is 0. The molecule has 0 aliphatic heterocycles. The number of primary amides is 1. The number of carbonyl (C=O) groups is 1. The van der Waals surface area contributed by atoms with Gasteiger partial charge in [-0.2, -0.15) is 0 Å². The van der Waals surface area contributed by atoms with E-state index in [1.54, 1.807) is 12.3 Å². The van der Waals surface area contributed by atoms with E-state index in [1.807, 2.05) is 0 Å². The van der Waals surface area contributed by atoms with Crippen LogP contribution < -0.4 is 10.5 Å². The molecule has 0 bridgehead atoms. The van der Waals surface area contributed by atoms with Crippen molar-refractivity contribution in [2.24, 2.45) is 5.73 Å². The Morgan fingerprint density at radius 1 is 1.69 bits per heavy atom. The standard InChI is InChI=1S/C9H8N2O2/c1-13-8-4-5-11-6-7(8)2-3-9(10)12/h4-6H,1H3,(H2,10,12). The summed E-state index contributed by atoms with van der Waals surface area (Å²) in [5.74, 6) is 4.65. The van der Waals surface area contributed by atoms with Crippen LogP contribution in [0.25, 0.3) is 0 Å². The first kappa shape index (κ1) is 9.07. The molecule has 0 saturated carbocycles. The lowest BCUT2D eigenvalue weighted by atomic mass is 10.2. The first-order valence-corrected chi connectivity index (χ1v) is 3.53. The number of nitrogens with two attached hydrogens (primary N) is 1. The highest BCUT2D eigenvalue weighted by Gasteiger charge is 1.97. The maximum absolute atomic E-state index is 10.4. The Hall–Kier alpha value is -2.02. The van der Waals surface area contributed by atoms with Crippen LogP contribution in [-0.4, -0.2) is 18.0 Å². The Labute approximate surface area is 75.7 Å². The predicted octanol–water partition coefficient (Wildman–Crippen LogP) is -0.0730. The Morgan fingerprint density at radius 2 is 2.46 bits per heavy atom. The maximum Gasteiger partial charge on any atom is 0.293 e. The number of carbonyl (C=O) groups excluding carboxylic acids is 1. The number of aromatic nitrogens is 1. The summed E-state index contributed by atoms with van der Waals surface area (Å²) in [4.78, 5) is 14.2. The molecule has 0 saturated heterocycles. The number of pyridine rings is 1. The Bertz CT molecular complexity index is 377. The number of ether oxygens (including phenoxy) is 1. The van der Waals surface area contributed by atoms with Crippen molar-refractivity contribution in [1.29, 1.82) is 0 Å². The van der Waals surface area contributed by atoms with Crippen molar-refractivity contribution in [3.05, 3.63) is 24.0 Å². The van der Waals surface area contributed by atoms with Gasteiger partial charge in [0.25, 0.3) is 5.91 Å². The SMILES string of the molecule is COc1ccncc1C#CC(N)=O. The number of hydrogen-bond donors (Lipinski definition) is 1. The third-order valence-electron chi connectivity index (χ3n) is 1.32. The van der Waals surface area contributed by atoms with Crippen molar-refractivity contribution < 1.29 is 9.53 Å². The van der Waals surface area contributed by atoms with Gasteiger partial charge in [0.05, 0.1) is 12.7 Å². The van der Waals surface area contributed by atoms with E-state index in [4.69, 9.17) is 10.5 Å². The van der Waals surface area contributed by atoms with E-state index in [0.29, 0.717) is 11.3 Å².